The van der Waals surface area contributed by atoms with Gasteiger partial charge in [0.15, 0.2) is 5.69 Å². The molecule has 0 unspecified atom stereocenters. The summed E-state index contributed by atoms with van der Waals surface area (Å²) < 4.78 is 2.30. The molecule has 31 heavy (non-hydrogen) atoms. The van der Waals surface area contributed by atoms with E-state index in [4.69, 9.17) is 12.3 Å². The van der Waals surface area contributed by atoms with Crippen LogP contribution in [0.5, 0.6) is 0 Å². The second kappa shape index (κ2) is 7.94. The summed E-state index contributed by atoms with van der Waals surface area (Å²) in [5.74, 6) is 0. The summed E-state index contributed by atoms with van der Waals surface area (Å²) in [6, 6.07) is 23.5. The van der Waals surface area contributed by atoms with Gasteiger partial charge in [-0.25, -0.2) is 4.85 Å². The first-order valence-corrected chi connectivity index (χ1v) is 10.8. The normalized spacial score (nSPS) is 16.4. The van der Waals surface area contributed by atoms with E-state index in [1.165, 1.54) is 33.6 Å². The minimum absolute atomic E-state index is 0.223. The summed E-state index contributed by atoms with van der Waals surface area (Å²) >= 11 is 0. The lowest BCUT2D eigenvalue weighted by Crippen LogP contribution is -2.42. The lowest BCUT2D eigenvalue weighted by Gasteiger charge is -2.33. The molecule has 4 aromatic rings. The second-order valence-corrected chi connectivity index (χ2v) is 8.43. The molecule has 1 aliphatic rings. The van der Waals surface area contributed by atoms with Gasteiger partial charge in [-0.2, -0.15) is 0 Å². The molecule has 154 valence electrons. The van der Waals surface area contributed by atoms with Gasteiger partial charge >= 0.3 is 0 Å². The topological polar surface area (TPSA) is 38.0 Å². The van der Waals surface area contributed by atoms with Crippen molar-refractivity contribution in [3.63, 3.8) is 0 Å². The van der Waals surface area contributed by atoms with Crippen molar-refractivity contribution in [2.24, 2.45) is 5.73 Å². The number of nitrogens with zero attached hydrogens (tertiary/aromatic N) is 3. The number of hydrogen-bond donors (Lipinski definition) is 1. The van der Waals surface area contributed by atoms with E-state index < -0.39 is 0 Å². The summed E-state index contributed by atoms with van der Waals surface area (Å²) in [5.41, 5.74) is 15.3. The van der Waals surface area contributed by atoms with E-state index in [2.05, 4.69) is 81.9 Å². The van der Waals surface area contributed by atoms with Gasteiger partial charge in [-0.3, -0.25) is 0 Å². The van der Waals surface area contributed by atoms with E-state index in [0.29, 0.717) is 5.69 Å². The quantitative estimate of drug-likeness (QED) is 0.420. The maximum atomic E-state index is 7.27. The van der Waals surface area contributed by atoms with Crippen molar-refractivity contribution in [3.8, 4) is 22.4 Å². The number of benzene rings is 2. The fourth-order valence-corrected chi connectivity index (χ4v) is 4.62. The fraction of sp³-hybridized carbons (Fsp3) is 0.222. The number of aryl methyl sites for hydroxylation is 1. The van der Waals surface area contributed by atoms with Crippen LogP contribution in [0.3, 0.4) is 0 Å². The molecule has 2 aromatic carbocycles. The van der Waals surface area contributed by atoms with Crippen molar-refractivity contribution in [2.75, 3.05) is 18.0 Å². The molecular formula is C27H26N4. The van der Waals surface area contributed by atoms with E-state index in [1.807, 2.05) is 12.1 Å². The van der Waals surface area contributed by atoms with Crippen LogP contribution in [-0.2, 0) is 0 Å². The van der Waals surface area contributed by atoms with Gasteiger partial charge in [0.2, 0.25) is 0 Å². The number of aromatic nitrogens is 1. The molecule has 0 radical (unpaired) electrons. The Labute approximate surface area is 183 Å². The highest BCUT2D eigenvalue weighted by Crippen LogP contribution is 2.39. The van der Waals surface area contributed by atoms with Crippen LogP contribution >= 0.6 is 0 Å². The predicted octanol–water partition coefficient (Wildman–Crippen LogP) is 6.06. The largest absolute Gasteiger partial charge is 0.368 e. The van der Waals surface area contributed by atoms with E-state index in [0.717, 1.165) is 31.5 Å². The van der Waals surface area contributed by atoms with Gasteiger partial charge in [-0.05, 0) is 49.1 Å². The molecule has 0 bridgehead atoms. The lowest BCUT2D eigenvalue weighted by molar-refractivity contribution is 0.506. The Morgan fingerprint density at radius 2 is 1.74 bits per heavy atom. The van der Waals surface area contributed by atoms with Gasteiger partial charge in [0.25, 0.3) is 0 Å². The third-order valence-corrected chi connectivity index (χ3v) is 6.22. The Kier molecular flexibility index (Phi) is 4.97. The average Bonchev–Trinajstić information content (AvgIpc) is 3.19. The molecule has 1 aliphatic heterocycles. The van der Waals surface area contributed by atoms with Crippen LogP contribution in [0.2, 0.25) is 0 Å². The maximum absolute atomic E-state index is 7.27. The van der Waals surface area contributed by atoms with Gasteiger partial charge in [-0.15, -0.1) is 0 Å². The molecule has 2 N–H and O–H groups in total. The SMILES string of the molecule is [C-]#[N+]c1ccc(-c2cc3c(N4CCC[C@@H](N)C4)cccn3c2-c2ccc(C)cc2)cc1. The standard InChI is InChI=1S/C27H26N4/c1-19-7-9-21(10-8-19)27-24(20-11-13-23(29-2)14-12-20)17-26-25(6-4-16-31(26)27)30-15-3-5-22(28)18-30/h4,6-14,16-17,22H,3,5,15,18,28H2,1H3/t22-/m1/s1. The fourth-order valence-electron chi connectivity index (χ4n) is 4.62. The molecule has 0 amide bonds. The minimum Gasteiger partial charge on any atom is -0.368 e. The first-order valence-electron chi connectivity index (χ1n) is 10.8. The van der Waals surface area contributed by atoms with Crippen molar-refractivity contribution in [1.29, 1.82) is 0 Å². The molecule has 0 saturated carbocycles. The first kappa shape index (κ1) is 19.4. The molecule has 1 fully saturated rings. The molecule has 1 saturated heterocycles. The van der Waals surface area contributed by atoms with Crippen LogP contribution in [0.1, 0.15) is 18.4 Å². The van der Waals surface area contributed by atoms with E-state index in [1.54, 1.807) is 0 Å². The Hall–Kier alpha value is -3.55. The van der Waals surface area contributed by atoms with Gasteiger partial charge in [0.05, 0.1) is 23.5 Å². The van der Waals surface area contributed by atoms with Crippen molar-refractivity contribution in [1.82, 2.24) is 4.40 Å². The monoisotopic (exact) mass is 406 g/mol. The molecule has 3 heterocycles. The van der Waals surface area contributed by atoms with E-state index in [9.17, 15) is 0 Å². The number of rotatable bonds is 3. The van der Waals surface area contributed by atoms with Gasteiger partial charge < -0.3 is 15.0 Å². The summed E-state index contributed by atoms with van der Waals surface area (Å²) in [6.45, 7) is 11.3. The molecule has 4 heteroatoms. The van der Waals surface area contributed by atoms with Crippen LogP contribution in [0.4, 0.5) is 11.4 Å². The number of pyridine rings is 1. The van der Waals surface area contributed by atoms with Crippen LogP contribution < -0.4 is 10.6 Å². The number of fused-ring (bicyclic) bond motifs is 1. The smallest absolute Gasteiger partial charge is 0.187 e. The Morgan fingerprint density at radius 1 is 1.00 bits per heavy atom. The van der Waals surface area contributed by atoms with Gasteiger partial charge in [0.1, 0.15) is 0 Å². The third-order valence-electron chi connectivity index (χ3n) is 6.22. The Morgan fingerprint density at radius 3 is 2.45 bits per heavy atom. The maximum Gasteiger partial charge on any atom is 0.187 e. The summed E-state index contributed by atoms with van der Waals surface area (Å²) in [5, 5.41) is 0. The van der Waals surface area contributed by atoms with Crippen LogP contribution in [-0.4, -0.2) is 23.5 Å². The Bertz CT molecular complexity index is 1260. The van der Waals surface area contributed by atoms with Crippen LogP contribution in [0, 0.1) is 13.5 Å². The first-order chi connectivity index (χ1) is 15.1. The highest BCUT2D eigenvalue weighted by atomic mass is 15.2. The van der Waals surface area contributed by atoms with Gasteiger partial charge in [-0.1, -0.05) is 54.1 Å². The molecule has 4 nitrogen and oxygen atoms in total. The molecule has 0 aliphatic carbocycles. The summed E-state index contributed by atoms with van der Waals surface area (Å²) in [7, 11) is 0. The molecule has 5 rings (SSSR count). The van der Waals surface area contributed by atoms with Crippen LogP contribution in [0.15, 0.2) is 72.9 Å². The zero-order valence-electron chi connectivity index (χ0n) is 17.8. The Balaban J connectivity index is 1.74. The second-order valence-electron chi connectivity index (χ2n) is 8.43. The zero-order chi connectivity index (χ0) is 21.4. The van der Waals surface area contributed by atoms with Crippen LogP contribution in [0.25, 0.3) is 32.7 Å². The van der Waals surface area contributed by atoms with E-state index >= 15 is 0 Å². The highest BCUT2D eigenvalue weighted by molar-refractivity contribution is 5.91. The zero-order valence-corrected chi connectivity index (χ0v) is 17.8. The van der Waals surface area contributed by atoms with Crippen molar-refractivity contribution in [3.05, 3.63) is 89.9 Å². The highest BCUT2D eigenvalue weighted by Gasteiger charge is 2.22. The number of anilines is 1. The number of piperidine rings is 1. The third kappa shape index (κ3) is 3.58. The lowest BCUT2D eigenvalue weighted by atomic mass is 10.0. The van der Waals surface area contributed by atoms with E-state index in [-0.39, 0.29) is 6.04 Å². The molecular weight excluding hydrogens is 380 g/mol. The molecule has 2 aromatic heterocycles. The molecule has 1 atom stereocenters. The molecule has 0 spiro atoms. The predicted molar refractivity (Wildman–Crippen MR) is 129 cm³/mol. The minimum atomic E-state index is 0.223. The summed E-state index contributed by atoms with van der Waals surface area (Å²) in [4.78, 5) is 5.97. The van der Waals surface area contributed by atoms with Crippen molar-refractivity contribution in [2.45, 2.75) is 25.8 Å². The van der Waals surface area contributed by atoms with Crippen molar-refractivity contribution < 1.29 is 0 Å². The number of nitrogens with two attached hydrogens (primary N) is 1. The number of hydrogen-bond acceptors (Lipinski definition) is 2. The van der Waals surface area contributed by atoms with Crippen molar-refractivity contribution >= 4 is 16.9 Å². The average molecular weight is 407 g/mol. The summed E-state index contributed by atoms with van der Waals surface area (Å²) in [6.07, 6.45) is 4.36. The van der Waals surface area contributed by atoms with Gasteiger partial charge in [0, 0.05) is 30.9 Å².